The maximum absolute atomic E-state index is 13.9. The Morgan fingerprint density at radius 3 is 2.53 bits per heavy atom. The van der Waals surface area contributed by atoms with Gasteiger partial charge in [-0.05, 0) is 72.4 Å². The molecule has 10 heteroatoms. The van der Waals surface area contributed by atoms with Gasteiger partial charge in [0.2, 0.25) is 15.9 Å². The van der Waals surface area contributed by atoms with Crippen LogP contribution in [-0.4, -0.2) is 66.4 Å². The monoisotopic (exact) mass is 603 g/mol. The van der Waals surface area contributed by atoms with Crippen LogP contribution in [-0.2, 0) is 26.2 Å². The fraction of sp³-hybridized carbons (Fsp3) is 0.515. The number of sulfonamides is 1. The molecule has 0 radical (unpaired) electrons. The topological polar surface area (TPSA) is 118 Å². The molecular formula is C33H37N3O6S. The van der Waals surface area contributed by atoms with Crippen molar-refractivity contribution >= 4 is 32.7 Å². The maximum atomic E-state index is 13.9. The number of aromatic nitrogens is 1. The van der Waals surface area contributed by atoms with Gasteiger partial charge in [-0.25, -0.2) is 13.1 Å². The standard InChI is InChI=1S/C33H37N3O6S/c1-42-27-13-12-21(18-6-3-2-4-7-18)31-24(27)14-26-28-22(8-5-9-23(28)33(39)35-15-19(37)16-35)29-25(17-36(26)31)30(29)32(38)34-43(40,41)20-10-11-20/h5,8,12-14,18-20,23,28,37H,2-4,6-7,9-11,15-17H2,1H3,(H,34,38)/t23-,28?/m1/s1. The summed E-state index contributed by atoms with van der Waals surface area (Å²) in [5.74, 6) is -0.0845. The van der Waals surface area contributed by atoms with Crippen molar-refractivity contribution in [2.24, 2.45) is 5.92 Å². The second kappa shape index (κ2) is 9.82. The summed E-state index contributed by atoms with van der Waals surface area (Å²) in [4.78, 5) is 29.1. The van der Waals surface area contributed by atoms with Crippen LogP contribution < -0.4 is 9.46 Å². The minimum Gasteiger partial charge on any atom is -0.496 e. The summed E-state index contributed by atoms with van der Waals surface area (Å²) >= 11 is 0. The molecule has 8 rings (SSSR count). The van der Waals surface area contributed by atoms with Crippen LogP contribution >= 0.6 is 0 Å². The number of likely N-dealkylation sites (tertiary alicyclic amines) is 1. The van der Waals surface area contributed by atoms with Gasteiger partial charge in [0.05, 0.1) is 35.5 Å². The number of amides is 2. The molecule has 4 aliphatic carbocycles. The Labute approximate surface area is 251 Å². The fourth-order valence-corrected chi connectivity index (χ4v) is 9.30. The zero-order valence-corrected chi connectivity index (χ0v) is 25.2. The number of ether oxygens (including phenoxy) is 1. The number of nitrogens with one attached hydrogen (secondary N) is 1. The number of allylic oxidation sites excluding steroid dienone is 4. The molecule has 3 heterocycles. The molecule has 0 bridgehead atoms. The van der Waals surface area contributed by atoms with Gasteiger partial charge in [0.15, 0.2) is 0 Å². The Hall–Kier alpha value is -3.37. The van der Waals surface area contributed by atoms with Gasteiger partial charge >= 0.3 is 0 Å². The molecule has 1 aromatic carbocycles. The van der Waals surface area contributed by atoms with Gasteiger partial charge in [0.1, 0.15) is 5.75 Å². The molecule has 0 spiro atoms. The first-order valence-electron chi connectivity index (χ1n) is 15.6. The molecule has 9 nitrogen and oxygen atoms in total. The van der Waals surface area contributed by atoms with Crippen molar-refractivity contribution < 1.29 is 27.9 Å². The van der Waals surface area contributed by atoms with Crippen molar-refractivity contribution in [1.82, 2.24) is 14.2 Å². The second-order valence-electron chi connectivity index (χ2n) is 13.1. The van der Waals surface area contributed by atoms with Gasteiger partial charge < -0.3 is 19.3 Å². The molecule has 2 saturated carbocycles. The number of carbonyl (C=O) groups excluding carboxylic acids is 2. The average Bonchev–Trinajstić information content (AvgIpc) is 3.91. The molecule has 1 unspecified atom stereocenters. The molecule has 1 aromatic heterocycles. The zero-order valence-electron chi connectivity index (χ0n) is 24.3. The molecule has 2 atom stereocenters. The van der Waals surface area contributed by atoms with Crippen molar-refractivity contribution in [2.45, 2.75) is 81.1 Å². The van der Waals surface area contributed by atoms with Crippen molar-refractivity contribution in [2.75, 3.05) is 20.2 Å². The first kappa shape index (κ1) is 27.2. The van der Waals surface area contributed by atoms with E-state index >= 15 is 0 Å². The predicted octanol–water partition coefficient (Wildman–Crippen LogP) is 3.79. The normalized spacial score (nSPS) is 25.6. The summed E-state index contributed by atoms with van der Waals surface area (Å²) in [5.41, 5.74) is 6.36. The minimum atomic E-state index is -3.71. The Bertz CT molecular complexity index is 1770. The van der Waals surface area contributed by atoms with Crippen LogP contribution in [0.4, 0.5) is 0 Å². The van der Waals surface area contributed by atoms with Crippen LogP contribution in [0.5, 0.6) is 5.75 Å². The van der Waals surface area contributed by atoms with Gasteiger partial charge in [0.25, 0.3) is 5.91 Å². The number of hydrogen-bond donors (Lipinski definition) is 2. The largest absolute Gasteiger partial charge is 0.496 e. The highest BCUT2D eigenvalue weighted by Gasteiger charge is 2.49. The van der Waals surface area contributed by atoms with Crippen LogP contribution in [0, 0.1) is 5.92 Å². The molecule has 43 heavy (non-hydrogen) atoms. The Balaban J connectivity index is 1.30. The molecule has 2 aromatic rings. The lowest BCUT2D eigenvalue weighted by atomic mass is 9.75. The number of methoxy groups -OCH3 is 1. The summed E-state index contributed by atoms with van der Waals surface area (Å²) in [6.45, 7) is 1.09. The van der Waals surface area contributed by atoms with Gasteiger partial charge in [-0.3, -0.25) is 9.59 Å². The van der Waals surface area contributed by atoms with E-state index in [2.05, 4.69) is 27.5 Å². The lowest BCUT2D eigenvalue weighted by Crippen LogP contribution is -2.56. The third-order valence-corrected chi connectivity index (χ3v) is 12.2. The number of rotatable bonds is 6. The quantitative estimate of drug-likeness (QED) is 0.519. The summed E-state index contributed by atoms with van der Waals surface area (Å²) in [6.07, 6.45) is 11.1. The van der Waals surface area contributed by atoms with Gasteiger partial charge in [0, 0.05) is 36.6 Å². The van der Waals surface area contributed by atoms with Crippen LogP contribution in [0.15, 0.2) is 52.6 Å². The maximum Gasteiger partial charge on any atom is 0.265 e. The SMILES string of the molecule is COc1ccc(C2CCCCC2)c2c1cc1n2CC2=C(C(=O)NS(=O)(=O)C3CC3)C2=C2C=CC[C@@H](C(=O)N3CC(O)C3)C21. The highest BCUT2D eigenvalue weighted by atomic mass is 32.2. The first-order valence-corrected chi connectivity index (χ1v) is 17.2. The van der Waals surface area contributed by atoms with E-state index in [0.717, 1.165) is 51.9 Å². The van der Waals surface area contributed by atoms with Crippen LogP contribution in [0.3, 0.4) is 0 Å². The molecule has 6 aliphatic rings. The number of fused-ring (bicyclic) bond motifs is 6. The number of aliphatic hydroxyl groups excluding tert-OH is 1. The number of nitrogens with zero attached hydrogens (tertiary/aromatic N) is 2. The lowest BCUT2D eigenvalue weighted by molar-refractivity contribution is -0.146. The van der Waals surface area contributed by atoms with Gasteiger partial charge in [-0.2, -0.15) is 0 Å². The highest BCUT2D eigenvalue weighted by Crippen LogP contribution is 2.55. The Morgan fingerprint density at radius 2 is 1.84 bits per heavy atom. The summed E-state index contributed by atoms with van der Waals surface area (Å²) in [6, 6.07) is 6.42. The predicted molar refractivity (Wildman–Crippen MR) is 161 cm³/mol. The molecule has 2 aliphatic heterocycles. The third kappa shape index (κ3) is 4.31. The van der Waals surface area contributed by atoms with E-state index in [0.29, 0.717) is 50.4 Å². The molecule has 2 amide bonds. The van der Waals surface area contributed by atoms with Crippen LogP contribution in [0.2, 0.25) is 0 Å². The number of β-amino-alcohol motifs (C(OH)–C–C–N with tert-alkyl or cyclic N) is 1. The number of benzene rings is 1. The van der Waals surface area contributed by atoms with Gasteiger partial charge in [-0.1, -0.05) is 37.5 Å². The molecular weight excluding hydrogens is 566 g/mol. The molecule has 226 valence electrons. The zero-order chi connectivity index (χ0) is 29.6. The van der Waals surface area contributed by atoms with Crippen LogP contribution in [0.25, 0.3) is 10.9 Å². The van der Waals surface area contributed by atoms with E-state index in [1.54, 1.807) is 12.0 Å². The van der Waals surface area contributed by atoms with E-state index in [9.17, 15) is 23.1 Å². The molecule has 1 saturated heterocycles. The van der Waals surface area contributed by atoms with Crippen molar-refractivity contribution in [3.63, 3.8) is 0 Å². The second-order valence-corrected chi connectivity index (χ2v) is 15.0. The third-order valence-electron chi connectivity index (χ3n) is 10.4. The molecule has 3 fully saturated rings. The van der Waals surface area contributed by atoms with E-state index in [4.69, 9.17) is 4.74 Å². The van der Waals surface area contributed by atoms with E-state index in [-0.39, 0.29) is 11.8 Å². The van der Waals surface area contributed by atoms with Crippen molar-refractivity contribution in [3.05, 3.63) is 63.9 Å². The number of carbonyl (C=O) groups is 2. The summed E-state index contributed by atoms with van der Waals surface area (Å²) < 4.78 is 35.9. The number of hydrogen-bond acceptors (Lipinski definition) is 6. The highest BCUT2D eigenvalue weighted by molar-refractivity contribution is 7.91. The lowest BCUT2D eigenvalue weighted by Gasteiger charge is -2.41. The summed E-state index contributed by atoms with van der Waals surface area (Å²) in [7, 11) is -2.03. The Morgan fingerprint density at radius 1 is 1.07 bits per heavy atom. The van der Waals surface area contributed by atoms with Gasteiger partial charge in [-0.15, -0.1) is 0 Å². The van der Waals surface area contributed by atoms with E-state index < -0.39 is 33.2 Å². The van der Waals surface area contributed by atoms with Crippen LogP contribution in [0.1, 0.15) is 74.5 Å². The van der Waals surface area contributed by atoms with E-state index in [1.807, 2.05) is 12.2 Å². The smallest absolute Gasteiger partial charge is 0.265 e. The first-order chi connectivity index (χ1) is 20.8. The minimum absolute atomic E-state index is 0.000405. The average molecular weight is 604 g/mol. The Kier molecular flexibility index (Phi) is 6.21. The van der Waals surface area contributed by atoms with Crippen molar-refractivity contribution in [1.29, 1.82) is 0 Å². The van der Waals surface area contributed by atoms with Crippen molar-refractivity contribution in [3.8, 4) is 5.75 Å². The molecule has 2 N–H and O–H groups in total. The fourth-order valence-electron chi connectivity index (χ4n) is 8.02. The van der Waals surface area contributed by atoms with E-state index in [1.165, 1.54) is 24.8 Å². The summed E-state index contributed by atoms with van der Waals surface area (Å²) in [5, 5.41) is 10.5. The number of aliphatic hydroxyl groups is 1.